The molecule has 0 radical (unpaired) electrons. The molecule has 1 amide bonds. The number of benzene rings is 2. The third kappa shape index (κ3) is 3.76. The second-order valence-electron chi connectivity index (χ2n) is 7.94. The van der Waals surface area contributed by atoms with E-state index < -0.39 is 0 Å². The van der Waals surface area contributed by atoms with Gasteiger partial charge in [-0.15, -0.1) is 10.2 Å². The van der Waals surface area contributed by atoms with Gasteiger partial charge in [0, 0.05) is 17.5 Å². The Bertz CT molecular complexity index is 1620. The lowest BCUT2D eigenvalue weighted by atomic mass is 10.1. The molecule has 5 rings (SSSR count). The van der Waals surface area contributed by atoms with Crippen molar-refractivity contribution in [1.82, 2.24) is 24.0 Å². The minimum Gasteiger partial charge on any atom is -0.319 e. The molecule has 0 unspecified atom stereocenters. The highest BCUT2D eigenvalue weighted by atomic mass is 35.5. The maximum Gasteiger partial charge on any atom is 0.295 e. The van der Waals surface area contributed by atoms with Crippen LogP contribution in [-0.4, -0.2) is 35.6 Å². The van der Waals surface area contributed by atoms with Gasteiger partial charge in [0.15, 0.2) is 10.8 Å². The van der Waals surface area contributed by atoms with Crippen molar-refractivity contribution in [2.75, 3.05) is 11.1 Å². The van der Waals surface area contributed by atoms with Crippen LogP contribution in [0.4, 0.5) is 5.69 Å². The molecular weight excluding hydrogens is 472 g/mol. The minimum atomic E-state index is -0.299. The summed E-state index contributed by atoms with van der Waals surface area (Å²) in [6.45, 7) is 3.80. The SMILES string of the molecule is Cc1cc2nnc(SCC(=O)Nc3c(C)n(C)n(-c4ccccc4)c3=O)n2c2ccc(Cl)cc12. The Morgan fingerprint density at radius 3 is 2.62 bits per heavy atom. The summed E-state index contributed by atoms with van der Waals surface area (Å²) in [7, 11) is 1.79. The maximum atomic E-state index is 13.0. The van der Waals surface area contributed by atoms with Crippen molar-refractivity contribution >= 4 is 51.5 Å². The number of amides is 1. The number of carbonyl (C=O) groups excluding carboxylic acids is 1. The number of para-hydroxylation sites is 1. The molecule has 0 aliphatic carbocycles. The second-order valence-corrected chi connectivity index (χ2v) is 9.32. The van der Waals surface area contributed by atoms with E-state index in [0.29, 0.717) is 21.5 Å². The number of anilines is 1. The van der Waals surface area contributed by atoms with E-state index in [9.17, 15) is 9.59 Å². The summed E-state index contributed by atoms with van der Waals surface area (Å²) in [6.07, 6.45) is 0. The summed E-state index contributed by atoms with van der Waals surface area (Å²) in [4.78, 5) is 25.8. The molecule has 0 saturated carbocycles. The van der Waals surface area contributed by atoms with Crippen molar-refractivity contribution in [3.05, 3.63) is 81.2 Å². The Hall–Kier alpha value is -3.56. The molecule has 34 heavy (non-hydrogen) atoms. The largest absolute Gasteiger partial charge is 0.319 e. The van der Waals surface area contributed by atoms with Crippen LogP contribution in [0.15, 0.2) is 64.5 Å². The van der Waals surface area contributed by atoms with Gasteiger partial charge >= 0.3 is 0 Å². The second kappa shape index (κ2) is 8.66. The number of thioether (sulfide) groups is 1. The zero-order valence-electron chi connectivity index (χ0n) is 18.7. The van der Waals surface area contributed by atoms with Crippen molar-refractivity contribution in [3.63, 3.8) is 0 Å². The number of fused-ring (bicyclic) bond motifs is 3. The fourth-order valence-electron chi connectivity index (χ4n) is 4.00. The fraction of sp³-hybridized carbons (Fsp3) is 0.167. The Morgan fingerprint density at radius 2 is 1.85 bits per heavy atom. The number of nitrogens with one attached hydrogen (secondary N) is 1. The van der Waals surface area contributed by atoms with Crippen molar-refractivity contribution in [3.8, 4) is 5.69 Å². The van der Waals surface area contributed by atoms with Crippen molar-refractivity contribution in [2.24, 2.45) is 7.05 Å². The average molecular weight is 493 g/mol. The molecule has 0 aliphatic heterocycles. The lowest BCUT2D eigenvalue weighted by Gasteiger charge is -2.08. The van der Waals surface area contributed by atoms with E-state index in [4.69, 9.17) is 11.6 Å². The van der Waals surface area contributed by atoms with E-state index in [1.807, 2.05) is 65.9 Å². The maximum absolute atomic E-state index is 13.0. The van der Waals surface area contributed by atoms with Gasteiger partial charge in [-0.05, 0) is 55.8 Å². The van der Waals surface area contributed by atoms with Gasteiger partial charge in [0.1, 0.15) is 5.69 Å². The van der Waals surface area contributed by atoms with Crippen LogP contribution in [0.5, 0.6) is 0 Å². The monoisotopic (exact) mass is 492 g/mol. The molecule has 172 valence electrons. The normalized spacial score (nSPS) is 11.4. The highest BCUT2D eigenvalue weighted by Gasteiger charge is 2.19. The molecule has 3 aromatic heterocycles. The smallest absolute Gasteiger partial charge is 0.295 e. The van der Waals surface area contributed by atoms with E-state index in [0.717, 1.165) is 22.2 Å². The van der Waals surface area contributed by atoms with Crippen LogP contribution < -0.4 is 10.9 Å². The van der Waals surface area contributed by atoms with Crippen LogP contribution in [0.2, 0.25) is 5.02 Å². The number of aromatic nitrogens is 5. The number of halogens is 1. The summed E-state index contributed by atoms with van der Waals surface area (Å²) in [5, 5.41) is 13.5. The van der Waals surface area contributed by atoms with E-state index in [1.165, 1.54) is 16.4 Å². The first-order valence-corrected chi connectivity index (χ1v) is 11.9. The summed E-state index contributed by atoms with van der Waals surface area (Å²) in [6, 6.07) is 16.9. The lowest BCUT2D eigenvalue weighted by Crippen LogP contribution is -2.23. The predicted molar refractivity (Wildman–Crippen MR) is 135 cm³/mol. The van der Waals surface area contributed by atoms with Gasteiger partial charge in [0.05, 0.1) is 22.7 Å². The number of hydrogen-bond donors (Lipinski definition) is 1. The Balaban J connectivity index is 1.41. The quantitative estimate of drug-likeness (QED) is 0.368. The number of nitrogens with zero attached hydrogens (tertiary/aromatic N) is 5. The minimum absolute atomic E-state index is 0.0723. The Kier molecular flexibility index (Phi) is 5.66. The molecule has 0 spiro atoms. The first-order chi connectivity index (χ1) is 16.3. The fourth-order valence-corrected chi connectivity index (χ4v) is 4.93. The van der Waals surface area contributed by atoms with Crippen molar-refractivity contribution in [1.29, 1.82) is 0 Å². The first kappa shape index (κ1) is 22.2. The van der Waals surface area contributed by atoms with Gasteiger partial charge in [-0.3, -0.25) is 18.7 Å². The van der Waals surface area contributed by atoms with Crippen LogP contribution in [0.25, 0.3) is 22.2 Å². The van der Waals surface area contributed by atoms with Gasteiger partial charge in [-0.25, -0.2) is 4.68 Å². The van der Waals surface area contributed by atoms with Gasteiger partial charge in [-0.2, -0.15) is 0 Å². The van der Waals surface area contributed by atoms with Gasteiger partial charge < -0.3 is 5.32 Å². The standard InChI is InChI=1S/C24H21ClN6O2S/c1-14-11-20-27-28-24(30(20)19-10-9-16(25)12-18(14)19)34-13-21(32)26-22-15(2)29(3)31(23(22)33)17-7-5-4-6-8-17/h4-12H,13H2,1-3H3,(H,26,32). The van der Waals surface area contributed by atoms with Crippen LogP contribution in [0.3, 0.4) is 0 Å². The topological polar surface area (TPSA) is 86.2 Å². The summed E-state index contributed by atoms with van der Waals surface area (Å²) >= 11 is 7.44. The number of rotatable bonds is 5. The first-order valence-electron chi connectivity index (χ1n) is 10.6. The molecule has 0 aliphatic rings. The number of hydrogen-bond acceptors (Lipinski definition) is 5. The lowest BCUT2D eigenvalue weighted by molar-refractivity contribution is -0.113. The number of aryl methyl sites for hydroxylation is 1. The Morgan fingerprint density at radius 1 is 1.09 bits per heavy atom. The van der Waals surface area contributed by atoms with Gasteiger partial charge in [0.25, 0.3) is 5.56 Å². The molecule has 3 heterocycles. The number of carbonyl (C=O) groups is 1. The predicted octanol–water partition coefficient (Wildman–Crippen LogP) is 4.37. The molecule has 8 nitrogen and oxygen atoms in total. The molecule has 0 fully saturated rings. The van der Waals surface area contributed by atoms with E-state index in [1.54, 1.807) is 18.7 Å². The third-order valence-electron chi connectivity index (χ3n) is 5.78. The molecule has 5 aromatic rings. The Labute approximate surface area is 204 Å². The highest BCUT2D eigenvalue weighted by molar-refractivity contribution is 7.99. The molecule has 1 N–H and O–H groups in total. The molecule has 2 aromatic carbocycles. The van der Waals surface area contributed by atoms with Crippen LogP contribution >= 0.6 is 23.4 Å². The zero-order valence-corrected chi connectivity index (χ0v) is 20.3. The van der Waals surface area contributed by atoms with Crippen LogP contribution in [-0.2, 0) is 11.8 Å². The number of pyridine rings is 1. The highest BCUT2D eigenvalue weighted by Crippen LogP contribution is 2.28. The third-order valence-corrected chi connectivity index (χ3v) is 6.94. The molecule has 10 heteroatoms. The molecule has 0 bridgehead atoms. The molecular formula is C24H21ClN6O2S. The summed E-state index contributed by atoms with van der Waals surface area (Å²) in [5.41, 5.74) is 4.02. The van der Waals surface area contributed by atoms with Gasteiger partial charge in [-0.1, -0.05) is 41.6 Å². The molecule has 0 atom stereocenters. The van der Waals surface area contributed by atoms with E-state index in [-0.39, 0.29) is 22.9 Å². The van der Waals surface area contributed by atoms with Crippen LogP contribution in [0, 0.1) is 13.8 Å². The zero-order chi connectivity index (χ0) is 24.0. The van der Waals surface area contributed by atoms with Crippen molar-refractivity contribution < 1.29 is 4.79 Å². The van der Waals surface area contributed by atoms with Crippen molar-refractivity contribution in [2.45, 2.75) is 19.0 Å². The molecule has 0 saturated heterocycles. The summed E-state index contributed by atoms with van der Waals surface area (Å²) < 4.78 is 5.17. The van der Waals surface area contributed by atoms with Crippen LogP contribution in [0.1, 0.15) is 11.3 Å². The summed E-state index contributed by atoms with van der Waals surface area (Å²) in [5.74, 6) is -0.227. The van der Waals surface area contributed by atoms with Gasteiger partial charge in [0.2, 0.25) is 5.91 Å². The average Bonchev–Trinajstić information content (AvgIpc) is 3.32. The van der Waals surface area contributed by atoms with E-state index in [2.05, 4.69) is 15.5 Å². The van der Waals surface area contributed by atoms with E-state index >= 15 is 0 Å².